The topological polar surface area (TPSA) is 77.2 Å². The molecule has 0 bridgehead atoms. The van der Waals surface area contributed by atoms with Gasteiger partial charge in [0.05, 0.1) is 7.11 Å². The van der Waals surface area contributed by atoms with Gasteiger partial charge in [0, 0.05) is 12.2 Å². The van der Waals surface area contributed by atoms with Crippen LogP contribution in [0.4, 0.5) is 17.6 Å². The largest absolute Gasteiger partial charge is 0.467 e. The molecule has 1 aromatic carbocycles. The number of para-hydroxylation sites is 1. The normalized spacial score (nSPS) is 14.6. The van der Waals surface area contributed by atoms with Gasteiger partial charge in [0.2, 0.25) is 11.9 Å². The highest BCUT2D eigenvalue weighted by molar-refractivity contribution is 5.63. The van der Waals surface area contributed by atoms with Crippen LogP contribution >= 0.6 is 0 Å². The second-order valence-electron chi connectivity index (χ2n) is 4.72. The molecular formula is C14H17N5O. The van der Waals surface area contributed by atoms with Crippen LogP contribution in [0.5, 0.6) is 6.01 Å². The van der Waals surface area contributed by atoms with Crippen LogP contribution in [0.1, 0.15) is 18.4 Å². The maximum atomic E-state index is 5.73. The van der Waals surface area contributed by atoms with Gasteiger partial charge >= 0.3 is 6.01 Å². The number of rotatable bonds is 2. The molecule has 0 saturated heterocycles. The lowest BCUT2D eigenvalue weighted by Gasteiger charge is -2.22. The van der Waals surface area contributed by atoms with Crippen molar-refractivity contribution in [3.8, 4) is 6.01 Å². The van der Waals surface area contributed by atoms with Gasteiger partial charge < -0.3 is 15.4 Å². The molecule has 1 aliphatic rings. The van der Waals surface area contributed by atoms with Crippen molar-refractivity contribution in [2.45, 2.75) is 19.3 Å². The summed E-state index contributed by atoms with van der Waals surface area (Å²) in [6, 6.07) is 8.57. The third-order valence-electron chi connectivity index (χ3n) is 3.40. The number of nitrogens with zero attached hydrogens (tertiary/aromatic N) is 4. The molecule has 104 valence electrons. The Hall–Kier alpha value is -2.37. The van der Waals surface area contributed by atoms with E-state index in [0.717, 1.165) is 31.5 Å². The van der Waals surface area contributed by atoms with E-state index in [2.05, 4.69) is 38.1 Å². The zero-order valence-corrected chi connectivity index (χ0v) is 11.4. The van der Waals surface area contributed by atoms with E-state index in [-0.39, 0.29) is 12.0 Å². The van der Waals surface area contributed by atoms with Crippen molar-refractivity contribution in [3.05, 3.63) is 29.8 Å². The average molecular weight is 271 g/mol. The van der Waals surface area contributed by atoms with Crippen LogP contribution < -0.4 is 15.4 Å². The molecule has 0 radical (unpaired) electrons. The van der Waals surface area contributed by atoms with Gasteiger partial charge in [-0.05, 0) is 30.9 Å². The predicted molar refractivity (Wildman–Crippen MR) is 77.2 cm³/mol. The summed E-state index contributed by atoms with van der Waals surface area (Å²) in [6.07, 6.45) is 3.32. The Balaban J connectivity index is 2.07. The number of nitrogen functional groups attached to an aromatic ring is 1. The van der Waals surface area contributed by atoms with Crippen molar-refractivity contribution >= 4 is 17.6 Å². The highest BCUT2D eigenvalue weighted by Gasteiger charge is 2.19. The standard InChI is InChI=1S/C14H17N5O/c1-20-14-17-12(15)16-13(18-14)19-9-5-4-7-10-6-2-3-8-11(10)19/h2-3,6,8H,4-5,7,9H2,1H3,(H2,15,16,17,18). The van der Waals surface area contributed by atoms with E-state index in [1.165, 1.54) is 12.7 Å². The minimum Gasteiger partial charge on any atom is -0.467 e. The first-order chi connectivity index (χ1) is 9.78. The Labute approximate surface area is 117 Å². The minimum absolute atomic E-state index is 0.175. The van der Waals surface area contributed by atoms with Crippen molar-refractivity contribution in [3.63, 3.8) is 0 Å². The molecule has 0 aliphatic carbocycles. The summed E-state index contributed by atoms with van der Waals surface area (Å²) >= 11 is 0. The second-order valence-corrected chi connectivity index (χ2v) is 4.72. The Bertz CT molecular complexity index is 616. The van der Waals surface area contributed by atoms with Crippen molar-refractivity contribution in [2.24, 2.45) is 0 Å². The lowest BCUT2D eigenvalue weighted by molar-refractivity contribution is 0.379. The number of anilines is 3. The molecule has 6 heteroatoms. The first kappa shape index (κ1) is 12.7. The SMILES string of the molecule is COc1nc(N)nc(N2CCCCc3ccccc32)n1. The van der Waals surface area contributed by atoms with Gasteiger partial charge in [-0.1, -0.05) is 18.2 Å². The number of benzene rings is 1. The van der Waals surface area contributed by atoms with E-state index in [4.69, 9.17) is 10.5 Å². The monoisotopic (exact) mass is 271 g/mol. The maximum absolute atomic E-state index is 5.73. The van der Waals surface area contributed by atoms with Crippen molar-refractivity contribution in [1.29, 1.82) is 0 Å². The van der Waals surface area contributed by atoms with Gasteiger partial charge in [0.1, 0.15) is 0 Å². The molecule has 0 unspecified atom stereocenters. The molecule has 2 N–H and O–H groups in total. The van der Waals surface area contributed by atoms with Crippen LogP contribution in [-0.4, -0.2) is 28.6 Å². The molecule has 20 heavy (non-hydrogen) atoms. The van der Waals surface area contributed by atoms with E-state index in [9.17, 15) is 0 Å². The van der Waals surface area contributed by atoms with E-state index in [1.54, 1.807) is 0 Å². The summed E-state index contributed by atoms with van der Waals surface area (Å²) < 4.78 is 5.08. The number of fused-ring (bicyclic) bond motifs is 1. The molecule has 2 heterocycles. The Morgan fingerprint density at radius 1 is 1.15 bits per heavy atom. The number of hydrogen-bond donors (Lipinski definition) is 1. The third kappa shape index (κ3) is 2.36. The van der Waals surface area contributed by atoms with Gasteiger partial charge in [-0.25, -0.2) is 0 Å². The van der Waals surface area contributed by atoms with Crippen LogP contribution in [0.3, 0.4) is 0 Å². The molecule has 0 fully saturated rings. The van der Waals surface area contributed by atoms with Crippen molar-refractivity contribution in [2.75, 3.05) is 24.3 Å². The quantitative estimate of drug-likeness (QED) is 0.899. The molecule has 6 nitrogen and oxygen atoms in total. The maximum Gasteiger partial charge on any atom is 0.322 e. The minimum atomic E-state index is 0.175. The van der Waals surface area contributed by atoms with Gasteiger partial charge in [-0.3, -0.25) is 0 Å². The van der Waals surface area contributed by atoms with Gasteiger partial charge in [0.15, 0.2) is 0 Å². The molecule has 1 aliphatic heterocycles. The fraction of sp³-hybridized carbons (Fsp3) is 0.357. The second kappa shape index (κ2) is 5.32. The summed E-state index contributed by atoms with van der Waals surface area (Å²) in [5.41, 5.74) is 8.18. The Kier molecular flexibility index (Phi) is 3.37. The van der Waals surface area contributed by atoms with E-state index < -0.39 is 0 Å². The van der Waals surface area contributed by atoms with Crippen molar-refractivity contribution < 1.29 is 4.74 Å². The highest BCUT2D eigenvalue weighted by atomic mass is 16.5. The molecular weight excluding hydrogens is 254 g/mol. The zero-order chi connectivity index (χ0) is 13.9. The molecule has 3 rings (SSSR count). The molecule has 2 aromatic rings. The summed E-state index contributed by atoms with van der Waals surface area (Å²) in [5.74, 6) is 0.720. The number of aryl methyl sites for hydroxylation is 1. The fourth-order valence-electron chi connectivity index (χ4n) is 2.47. The van der Waals surface area contributed by atoms with E-state index in [1.807, 2.05) is 6.07 Å². The van der Waals surface area contributed by atoms with Crippen molar-refractivity contribution in [1.82, 2.24) is 15.0 Å². The van der Waals surface area contributed by atoms with Gasteiger partial charge in [0.25, 0.3) is 0 Å². The Morgan fingerprint density at radius 2 is 2.00 bits per heavy atom. The number of methoxy groups -OCH3 is 1. The average Bonchev–Trinajstić information content (AvgIpc) is 2.69. The van der Waals surface area contributed by atoms with Crippen LogP contribution in [0.2, 0.25) is 0 Å². The van der Waals surface area contributed by atoms with Gasteiger partial charge in [-0.15, -0.1) is 0 Å². The number of hydrogen-bond acceptors (Lipinski definition) is 6. The van der Waals surface area contributed by atoms with Crippen LogP contribution in [0.25, 0.3) is 0 Å². The first-order valence-corrected chi connectivity index (χ1v) is 6.69. The van der Waals surface area contributed by atoms with Crippen LogP contribution in [-0.2, 0) is 6.42 Å². The summed E-state index contributed by atoms with van der Waals surface area (Å²) in [7, 11) is 1.52. The number of nitrogens with two attached hydrogens (primary N) is 1. The molecule has 0 amide bonds. The molecule has 0 saturated carbocycles. The highest BCUT2D eigenvalue weighted by Crippen LogP contribution is 2.31. The molecule has 0 spiro atoms. The van der Waals surface area contributed by atoms with Gasteiger partial charge in [-0.2, -0.15) is 15.0 Å². The third-order valence-corrected chi connectivity index (χ3v) is 3.40. The fourth-order valence-corrected chi connectivity index (χ4v) is 2.47. The van der Waals surface area contributed by atoms with Crippen LogP contribution in [0.15, 0.2) is 24.3 Å². The smallest absolute Gasteiger partial charge is 0.322 e. The summed E-state index contributed by atoms with van der Waals surface area (Å²) in [5, 5.41) is 0. The first-order valence-electron chi connectivity index (χ1n) is 6.69. The lowest BCUT2D eigenvalue weighted by Crippen LogP contribution is -2.21. The predicted octanol–water partition coefficient (Wildman–Crippen LogP) is 1.94. The summed E-state index contributed by atoms with van der Waals surface area (Å²) in [4.78, 5) is 14.6. The number of ether oxygens (including phenoxy) is 1. The zero-order valence-electron chi connectivity index (χ0n) is 11.4. The summed E-state index contributed by atoms with van der Waals surface area (Å²) in [6.45, 7) is 0.865. The van der Waals surface area contributed by atoms with E-state index >= 15 is 0 Å². The molecule has 0 atom stereocenters. The lowest BCUT2D eigenvalue weighted by atomic mass is 10.1. The Morgan fingerprint density at radius 3 is 2.85 bits per heavy atom. The number of aromatic nitrogens is 3. The van der Waals surface area contributed by atoms with Crippen LogP contribution in [0, 0.1) is 0 Å². The molecule has 1 aromatic heterocycles. The van der Waals surface area contributed by atoms with E-state index in [0.29, 0.717) is 5.95 Å².